The molecule has 0 bridgehead atoms. The van der Waals surface area contributed by atoms with Crippen molar-refractivity contribution in [1.29, 1.82) is 0 Å². The number of morpholine rings is 1. The first-order chi connectivity index (χ1) is 10.1. The van der Waals surface area contributed by atoms with Crippen LogP contribution in [-0.4, -0.2) is 49.2 Å². The smallest absolute Gasteiger partial charge is 0.239 e. The third-order valence-corrected chi connectivity index (χ3v) is 4.21. The van der Waals surface area contributed by atoms with E-state index < -0.39 is 0 Å². The highest BCUT2D eigenvalue weighted by Crippen LogP contribution is 2.12. The Labute approximate surface area is 135 Å². The Kier molecular flexibility index (Phi) is 6.21. The van der Waals surface area contributed by atoms with E-state index in [4.69, 9.17) is 4.74 Å². The van der Waals surface area contributed by atoms with Gasteiger partial charge in [-0.25, -0.2) is 0 Å². The third-order valence-electron chi connectivity index (χ3n) is 3.68. The number of hydrogen-bond donors (Lipinski definition) is 1. The average molecular weight is 355 g/mol. The summed E-state index contributed by atoms with van der Waals surface area (Å²) in [5.74, 6) is 0.168. The second kappa shape index (κ2) is 7.92. The van der Waals surface area contributed by atoms with Gasteiger partial charge in [0.15, 0.2) is 0 Å². The zero-order valence-electron chi connectivity index (χ0n) is 12.6. The van der Waals surface area contributed by atoms with Crippen LogP contribution in [0.5, 0.6) is 0 Å². The summed E-state index contributed by atoms with van der Waals surface area (Å²) < 4.78 is 6.37. The van der Waals surface area contributed by atoms with Gasteiger partial charge in [0, 0.05) is 23.6 Å². The first-order valence-electron chi connectivity index (χ1n) is 7.43. The number of amides is 1. The summed E-state index contributed by atoms with van der Waals surface area (Å²) >= 11 is 3.44. The van der Waals surface area contributed by atoms with Crippen molar-refractivity contribution in [1.82, 2.24) is 10.2 Å². The maximum atomic E-state index is 12.3. The molecule has 2 atom stereocenters. The largest absolute Gasteiger partial charge is 0.378 e. The summed E-state index contributed by atoms with van der Waals surface area (Å²) in [6, 6.07) is 8.40. The summed E-state index contributed by atoms with van der Waals surface area (Å²) in [6.45, 7) is 6.75. The standard InChI is InChI=1S/C16H23BrN2O2/c1-12(11-14-3-5-15(17)6-4-14)18-13(2)16(20)19-7-9-21-10-8-19/h3-6,12-13,18H,7-11H2,1-2H3. The Balaban J connectivity index is 1.82. The van der Waals surface area contributed by atoms with Crippen LogP contribution in [0.2, 0.25) is 0 Å². The van der Waals surface area contributed by atoms with Crippen molar-refractivity contribution in [3.8, 4) is 0 Å². The van der Waals surface area contributed by atoms with Gasteiger partial charge in [-0.1, -0.05) is 28.1 Å². The van der Waals surface area contributed by atoms with Crippen LogP contribution in [0.4, 0.5) is 0 Å². The van der Waals surface area contributed by atoms with Crippen molar-refractivity contribution in [2.45, 2.75) is 32.4 Å². The molecular weight excluding hydrogens is 332 g/mol. The Hall–Kier alpha value is -0.910. The predicted octanol–water partition coefficient (Wildman–Crippen LogP) is 2.22. The van der Waals surface area contributed by atoms with E-state index in [9.17, 15) is 4.79 Å². The molecule has 1 aliphatic heterocycles. The fourth-order valence-corrected chi connectivity index (χ4v) is 2.85. The number of benzene rings is 1. The number of nitrogens with one attached hydrogen (secondary N) is 1. The van der Waals surface area contributed by atoms with Gasteiger partial charge in [0.05, 0.1) is 19.3 Å². The van der Waals surface area contributed by atoms with Crippen LogP contribution in [0.1, 0.15) is 19.4 Å². The minimum absolute atomic E-state index is 0.159. The topological polar surface area (TPSA) is 41.6 Å². The Bertz CT molecular complexity index is 458. The van der Waals surface area contributed by atoms with Crippen LogP contribution in [0.25, 0.3) is 0 Å². The Morgan fingerprint density at radius 1 is 1.29 bits per heavy atom. The summed E-state index contributed by atoms with van der Waals surface area (Å²) in [7, 11) is 0. The van der Waals surface area contributed by atoms with E-state index in [1.165, 1.54) is 5.56 Å². The zero-order chi connectivity index (χ0) is 15.2. The van der Waals surface area contributed by atoms with Crippen molar-refractivity contribution >= 4 is 21.8 Å². The van der Waals surface area contributed by atoms with Crippen LogP contribution in [0.3, 0.4) is 0 Å². The maximum absolute atomic E-state index is 12.3. The molecule has 1 aromatic carbocycles. The lowest BCUT2D eigenvalue weighted by Gasteiger charge is -2.30. The molecule has 0 saturated carbocycles. The second-order valence-electron chi connectivity index (χ2n) is 5.56. The van der Waals surface area contributed by atoms with Crippen molar-refractivity contribution in [3.63, 3.8) is 0 Å². The van der Waals surface area contributed by atoms with E-state index in [1.54, 1.807) is 0 Å². The molecule has 21 heavy (non-hydrogen) atoms. The molecule has 1 amide bonds. The van der Waals surface area contributed by atoms with Crippen LogP contribution >= 0.6 is 15.9 Å². The maximum Gasteiger partial charge on any atom is 0.239 e. The van der Waals surface area contributed by atoms with Gasteiger partial charge in [0.2, 0.25) is 5.91 Å². The van der Waals surface area contributed by atoms with Gasteiger partial charge in [-0.15, -0.1) is 0 Å². The van der Waals surface area contributed by atoms with Gasteiger partial charge in [-0.3, -0.25) is 4.79 Å². The third kappa shape index (κ3) is 5.09. The molecule has 1 fully saturated rings. The van der Waals surface area contributed by atoms with Gasteiger partial charge < -0.3 is 15.0 Å². The van der Waals surface area contributed by atoms with Crippen molar-refractivity contribution < 1.29 is 9.53 Å². The van der Waals surface area contributed by atoms with E-state index >= 15 is 0 Å². The summed E-state index contributed by atoms with van der Waals surface area (Å²) in [6.07, 6.45) is 0.911. The van der Waals surface area contributed by atoms with E-state index in [0.29, 0.717) is 26.3 Å². The summed E-state index contributed by atoms with van der Waals surface area (Å²) in [4.78, 5) is 14.2. The second-order valence-corrected chi connectivity index (χ2v) is 6.47. The summed E-state index contributed by atoms with van der Waals surface area (Å²) in [5, 5.41) is 3.40. The van der Waals surface area contributed by atoms with E-state index in [1.807, 2.05) is 24.0 Å². The van der Waals surface area contributed by atoms with Crippen molar-refractivity contribution in [2.75, 3.05) is 26.3 Å². The number of nitrogens with zero attached hydrogens (tertiary/aromatic N) is 1. The minimum atomic E-state index is -0.159. The highest BCUT2D eigenvalue weighted by atomic mass is 79.9. The monoisotopic (exact) mass is 354 g/mol. The molecular formula is C16H23BrN2O2. The number of hydrogen-bond acceptors (Lipinski definition) is 3. The summed E-state index contributed by atoms with van der Waals surface area (Å²) in [5.41, 5.74) is 1.27. The molecule has 1 heterocycles. The lowest BCUT2D eigenvalue weighted by molar-refractivity contribution is -0.137. The van der Waals surface area contributed by atoms with Crippen molar-refractivity contribution in [2.24, 2.45) is 0 Å². The quantitative estimate of drug-likeness (QED) is 0.881. The zero-order valence-corrected chi connectivity index (χ0v) is 14.2. The average Bonchev–Trinajstić information content (AvgIpc) is 2.49. The Morgan fingerprint density at radius 3 is 2.52 bits per heavy atom. The van der Waals surface area contributed by atoms with Crippen LogP contribution in [0, 0.1) is 0 Å². The fourth-order valence-electron chi connectivity index (χ4n) is 2.59. The molecule has 0 aromatic heterocycles. The molecule has 1 aliphatic rings. The normalized spacial score (nSPS) is 18.3. The molecule has 1 aromatic rings. The highest BCUT2D eigenvalue weighted by molar-refractivity contribution is 9.10. The first-order valence-corrected chi connectivity index (χ1v) is 8.22. The van der Waals surface area contributed by atoms with Gasteiger partial charge in [0.1, 0.15) is 0 Å². The molecule has 0 aliphatic carbocycles. The molecule has 1 N–H and O–H groups in total. The molecule has 5 heteroatoms. The Morgan fingerprint density at radius 2 is 1.90 bits per heavy atom. The van der Waals surface area contributed by atoms with Gasteiger partial charge in [-0.2, -0.15) is 0 Å². The fraction of sp³-hybridized carbons (Fsp3) is 0.562. The molecule has 4 nitrogen and oxygen atoms in total. The van der Waals surface area contributed by atoms with Gasteiger partial charge in [-0.05, 0) is 38.0 Å². The SMILES string of the molecule is CC(Cc1ccc(Br)cc1)NC(C)C(=O)N1CCOCC1. The number of rotatable bonds is 5. The lowest BCUT2D eigenvalue weighted by Crippen LogP contribution is -2.51. The van der Waals surface area contributed by atoms with Crippen LogP contribution in [0.15, 0.2) is 28.7 Å². The molecule has 1 saturated heterocycles. The highest BCUT2D eigenvalue weighted by Gasteiger charge is 2.23. The first kappa shape index (κ1) is 16.5. The molecule has 0 radical (unpaired) electrons. The van der Waals surface area contributed by atoms with Crippen LogP contribution < -0.4 is 5.32 Å². The number of ether oxygens (including phenoxy) is 1. The molecule has 116 valence electrons. The van der Waals surface area contributed by atoms with Crippen molar-refractivity contribution in [3.05, 3.63) is 34.3 Å². The molecule has 2 rings (SSSR count). The number of carbonyl (C=O) groups excluding carboxylic acids is 1. The number of halogens is 1. The minimum Gasteiger partial charge on any atom is -0.378 e. The number of carbonyl (C=O) groups is 1. The van der Waals surface area contributed by atoms with E-state index in [2.05, 4.69) is 40.3 Å². The van der Waals surface area contributed by atoms with Gasteiger partial charge in [0.25, 0.3) is 0 Å². The predicted molar refractivity (Wildman–Crippen MR) is 87.3 cm³/mol. The van der Waals surface area contributed by atoms with Gasteiger partial charge >= 0.3 is 0 Å². The molecule has 0 spiro atoms. The molecule has 2 unspecified atom stereocenters. The van der Waals surface area contributed by atoms with E-state index in [0.717, 1.165) is 10.9 Å². The van der Waals surface area contributed by atoms with E-state index in [-0.39, 0.29) is 18.0 Å². The lowest BCUT2D eigenvalue weighted by atomic mass is 10.1. The van der Waals surface area contributed by atoms with Crippen LogP contribution in [-0.2, 0) is 16.0 Å².